The number of anilines is 3. The first-order chi connectivity index (χ1) is 10.1. The summed E-state index contributed by atoms with van der Waals surface area (Å²) in [7, 11) is 1.91. The summed E-state index contributed by atoms with van der Waals surface area (Å²) < 4.78 is 1.88. The van der Waals surface area contributed by atoms with E-state index in [0.717, 1.165) is 25.3 Å². The monoisotopic (exact) mass is 291 g/mol. The van der Waals surface area contributed by atoms with Crippen LogP contribution in [0, 0.1) is 0 Å². The molecule has 2 rings (SSSR count). The summed E-state index contributed by atoms with van der Waals surface area (Å²) in [5, 5.41) is 11.0. The van der Waals surface area contributed by atoms with Crippen molar-refractivity contribution >= 4 is 17.8 Å². The number of rotatable bonds is 7. The molecule has 0 saturated carbocycles. The van der Waals surface area contributed by atoms with Gasteiger partial charge in [-0.15, -0.1) is 10.2 Å². The maximum absolute atomic E-state index is 5.74. The van der Waals surface area contributed by atoms with Gasteiger partial charge in [0.05, 0.1) is 0 Å². The van der Waals surface area contributed by atoms with Crippen molar-refractivity contribution in [3.05, 3.63) is 12.2 Å². The lowest BCUT2D eigenvalue weighted by atomic mass is 10.4. The summed E-state index contributed by atoms with van der Waals surface area (Å²) in [4.78, 5) is 14.7. The Kier molecular flexibility index (Phi) is 4.85. The molecule has 114 valence electrons. The van der Waals surface area contributed by atoms with Gasteiger partial charge in [0.2, 0.25) is 17.8 Å². The van der Waals surface area contributed by atoms with E-state index in [4.69, 9.17) is 5.73 Å². The summed E-state index contributed by atoms with van der Waals surface area (Å²) in [6.45, 7) is 6.37. The van der Waals surface area contributed by atoms with Gasteiger partial charge in [-0.3, -0.25) is 0 Å². The summed E-state index contributed by atoms with van der Waals surface area (Å²) in [6.07, 6.45) is 2.40. The van der Waals surface area contributed by atoms with Crippen LogP contribution in [0.2, 0.25) is 0 Å². The van der Waals surface area contributed by atoms with Crippen molar-refractivity contribution < 1.29 is 0 Å². The van der Waals surface area contributed by atoms with Crippen LogP contribution in [-0.4, -0.2) is 49.4 Å². The van der Waals surface area contributed by atoms with E-state index in [1.165, 1.54) is 0 Å². The molecule has 0 fully saturated rings. The Balaban J connectivity index is 2.01. The minimum Gasteiger partial charge on any atom is -0.368 e. The van der Waals surface area contributed by atoms with Gasteiger partial charge in [0.15, 0.2) is 0 Å². The van der Waals surface area contributed by atoms with Gasteiger partial charge < -0.3 is 20.5 Å². The van der Waals surface area contributed by atoms with Crippen molar-refractivity contribution in [3.63, 3.8) is 0 Å². The highest BCUT2D eigenvalue weighted by Gasteiger charge is 2.09. The maximum Gasteiger partial charge on any atom is 0.231 e. The highest BCUT2D eigenvalue weighted by Crippen LogP contribution is 2.11. The quantitative estimate of drug-likeness (QED) is 0.738. The van der Waals surface area contributed by atoms with Crippen LogP contribution in [0.3, 0.4) is 0 Å². The number of hydrogen-bond acceptors (Lipinski definition) is 8. The third-order valence-corrected chi connectivity index (χ3v) is 3.12. The molecule has 0 aliphatic heterocycles. The molecule has 0 radical (unpaired) electrons. The molecule has 0 saturated heterocycles. The van der Waals surface area contributed by atoms with Gasteiger partial charge in [0.25, 0.3) is 0 Å². The molecule has 2 aromatic heterocycles. The van der Waals surface area contributed by atoms with Crippen molar-refractivity contribution in [1.82, 2.24) is 29.7 Å². The molecule has 2 heterocycles. The van der Waals surface area contributed by atoms with Crippen LogP contribution in [0.1, 0.15) is 19.7 Å². The van der Waals surface area contributed by atoms with Gasteiger partial charge in [-0.2, -0.15) is 15.0 Å². The fourth-order valence-electron chi connectivity index (χ4n) is 1.93. The van der Waals surface area contributed by atoms with Crippen LogP contribution in [0.5, 0.6) is 0 Å². The van der Waals surface area contributed by atoms with Gasteiger partial charge in [-0.25, -0.2) is 0 Å². The minimum atomic E-state index is 0.216. The topological polar surface area (TPSA) is 111 Å². The van der Waals surface area contributed by atoms with E-state index in [1.54, 1.807) is 6.33 Å². The number of hydrogen-bond donors (Lipinski definition) is 2. The van der Waals surface area contributed by atoms with Crippen molar-refractivity contribution in [2.45, 2.75) is 20.3 Å². The van der Waals surface area contributed by atoms with E-state index in [-0.39, 0.29) is 5.95 Å². The molecular weight excluding hydrogens is 270 g/mol. The molecule has 0 aliphatic rings. The zero-order valence-electron chi connectivity index (χ0n) is 12.6. The molecule has 21 heavy (non-hydrogen) atoms. The first-order valence-electron chi connectivity index (χ1n) is 6.97. The second-order valence-corrected chi connectivity index (χ2v) is 4.52. The van der Waals surface area contributed by atoms with Crippen LogP contribution in [0.4, 0.5) is 17.8 Å². The molecule has 3 N–H and O–H groups in total. The molecule has 0 spiro atoms. The Morgan fingerprint density at radius 2 is 2.00 bits per heavy atom. The van der Waals surface area contributed by atoms with Crippen LogP contribution >= 0.6 is 0 Å². The van der Waals surface area contributed by atoms with Crippen molar-refractivity contribution in [2.75, 3.05) is 35.6 Å². The number of nitrogens with zero attached hydrogens (tertiary/aromatic N) is 7. The second kappa shape index (κ2) is 6.82. The lowest BCUT2D eigenvalue weighted by Crippen LogP contribution is -2.25. The summed E-state index contributed by atoms with van der Waals surface area (Å²) in [5.74, 6) is 2.18. The molecule has 2 aromatic rings. The van der Waals surface area contributed by atoms with Gasteiger partial charge in [-0.1, -0.05) is 0 Å². The Hall–Kier alpha value is -2.45. The van der Waals surface area contributed by atoms with Gasteiger partial charge >= 0.3 is 0 Å². The predicted molar refractivity (Wildman–Crippen MR) is 81.0 cm³/mol. The molecule has 9 heteroatoms. The predicted octanol–water partition coefficient (Wildman–Crippen LogP) is 0.0831. The number of aromatic nitrogens is 6. The zero-order valence-corrected chi connectivity index (χ0v) is 12.6. The van der Waals surface area contributed by atoms with Crippen LogP contribution in [0.15, 0.2) is 6.33 Å². The number of nitrogens with one attached hydrogen (secondary N) is 1. The highest BCUT2D eigenvalue weighted by molar-refractivity contribution is 5.41. The Labute approximate surface area is 123 Å². The summed E-state index contributed by atoms with van der Waals surface area (Å²) >= 11 is 0. The Morgan fingerprint density at radius 1 is 1.24 bits per heavy atom. The van der Waals surface area contributed by atoms with Crippen molar-refractivity contribution in [1.29, 1.82) is 0 Å². The zero-order chi connectivity index (χ0) is 15.2. The fourth-order valence-corrected chi connectivity index (χ4v) is 1.93. The third kappa shape index (κ3) is 3.77. The van der Waals surface area contributed by atoms with E-state index in [1.807, 2.05) is 30.4 Å². The van der Waals surface area contributed by atoms with E-state index < -0.39 is 0 Å². The van der Waals surface area contributed by atoms with Gasteiger partial charge in [0.1, 0.15) is 12.2 Å². The molecular formula is C12H21N9. The lowest BCUT2D eigenvalue weighted by Gasteiger charge is -2.18. The van der Waals surface area contributed by atoms with E-state index in [9.17, 15) is 0 Å². The number of nitrogens with two attached hydrogens (primary N) is 1. The Morgan fingerprint density at radius 3 is 2.62 bits per heavy atom. The molecule has 0 bridgehead atoms. The first-order valence-corrected chi connectivity index (χ1v) is 6.97. The van der Waals surface area contributed by atoms with E-state index in [2.05, 4.69) is 30.5 Å². The minimum absolute atomic E-state index is 0.216. The van der Waals surface area contributed by atoms with Crippen LogP contribution in [0.25, 0.3) is 0 Å². The molecule has 0 aliphatic carbocycles. The SMILES string of the molecule is CCN(CC)c1nc(N)nc(NCCc2nncn2C)n1. The normalized spacial score (nSPS) is 10.6. The standard InChI is InChI=1S/C12H21N9/c1-4-21(5-2)12-17-10(13)16-11(18-12)14-7-6-9-19-15-8-20(9)3/h8H,4-7H2,1-3H3,(H3,13,14,16,17,18). The summed E-state index contributed by atoms with van der Waals surface area (Å²) in [6, 6.07) is 0. The van der Waals surface area contributed by atoms with Gasteiger partial charge in [-0.05, 0) is 13.8 Å². The number of nitrogen functional groups attached to an aromatic ring is 1. The maximum atomic E-state index is 5.74. The second-order valence-electron chi connectivity index (χ2n) is 4.52. The molecule has 0 unspecified atom stereocenters. The van der Waals surface area contributed by atoms with E-state index in [0.29, 0.717) is 18.4 Å². The largest absolute Gasteiger partial charge is 0.368 e. The summed E-state index contributed by atoms with van der Waals surface area (Å²) in [5.41, 5.74) is 5.74. The molecule has 0 atom stereocenters. The van der Waals surface area contributed by atoms with Crippen LogP contribution in [-0.2, 0) is 13.5 Å². The lowest BCUT2D eigenvalue weighted by molar-refractivity contribution is 0.781. The van der Waals surface area contributed by atoms with E-state index >= 15 is 0 Å². The molecule has 0 amide bonds. The Bertz CT molecular complexity index is 576. The van der Waals surface area contributed by atoms with Crippen molar-refractivity contribution in [2.24, 2.45) is 7.05 Å². The molecule has 0 aromatic carbocycles. The smallest absolute Gasteiger partial charge is 0.231 e. The first kappa shape index (κ1) is 14.9. The average molecular weight is 291 g/mol. The van der Waals surface area contributed by atoms with Gasteiger partial charge in [0, 0.05) is 33.1 Å². The highest BCUT2D eigenvalue weighted by atomic mass is 15.3. The number of aryl methyl sites for hydroxylation is 1. The van der Waals surface area contributed by atoms with Crippen molar-refractivity contribution in [3.8, 4) is 0 Å². The molecule has 9 nitrogen and oxygen atoms in total. The fraction of sp³-hybridized carbons (Fsp3) is 0.583. The third-order valence-electron chi connectivity index (χ3n) is 3.12. The average Bonchev–Trinajstić information content (AvgIpc) is 2.85. The van der Waals surface area contributed by atoms with Crippen LogP contribution < -0.4 is 16.0 Å².